The van der Waals surface area contributed by atoms with Gasteiger partial charge in [0, 0.05) is 11.8 Å². The van der Waals surface area contributed by atoms with Crippen LogP contribution >= 0.6 is 0 Å². The minimum absolute atomic E-state index is 0.0715. The van der Waals surface area contributed by atoms with Gasteiger partial charge >= 0.3 is 0 Å². The van der Waals surface area contributed by atoms with E-state index in [0.717, 1.165) is 38.5 Å². The molecule has 0 heterocycles. The number of Topliss-reactive ketones (excluding diaryl/α,β-unsaturated/α-hetero) is 1. The second-order valence-corrected chi connectivity index (χ2v) is 7.08. The van der Waals surface area contributed by atoms with Crippen LogP contribution in [0.3, 0.4) is 0 Å². The van der Waals surface area contributed by atoms with Gasteiger partial charge in [0.15, 0.2) is 0 Å². The Labute approximate surface area is 122 Å². The van der Waals surface area contributed by atoms with E-state index in [2.05, 4.69) is 25.7 Å². The van der Waals surface area contributed by atoms with Gasteiger partial charge in [0.2, 0.25) is 0 Å². The summed E-state index contributed by atoms with van der Waals surface area (Å²) in [7, 11) is 0. The summed E-state index contributed by atoms with van der Waals surface area (Å²) in [6.45, 7) is 0. The lowest BCUT2D eigenvalue weighted by Gasteiger charge is -2.57. The summed E-state index contributed by atoms with van der Waals surface area (Å²) in [4.78, 5) is 12.8. The Morgan fingerprint density at radius 2 is 1.85 bits per heavy atom. The van der Waals surface area contributed by atoms with Crippen molar-refractivity contribution < 1.29 is 9.90 Å². The summed E-state index contributed by atoms with van der Waals surface area (Å²) in [5.41, 5.74) is -0.714. The van der Waals surface area contributed by atoms with E-state index in [-0.39, 0.29) is 17.8 Å². The molecule has 4 aliphatic carbocycles. The Morgan fingerprint density at radius 3 is 2.65 bits per heavy atom. The summed E-state index contributed by atoms with van der Waals surface area (Å²) in [5, 5.41) is 11.3. The fraction of sp³-hybridized carbons (Fsp3) is 0.667. The third-order valence-corrected chi connectivity index (χ3v) is 6.25. The van der Waals surface area contributed by atoms with E-state index >= 15 is 0 Å². The fourth-order valence-electron chi connectivity index (χ4n) is 5.42. The zero-order valence-electron chi connectivity index (χ0n) is 11.9. The number of aliphatic hydroxyl groups is 1. The van der Waals surface area contributed by atoms with Crippen LogP contribution in [0.1, 0.15) is 44.9 Å². The number of rotatable bonds is 1. The predicted octanol–water partition coefficient (Wildman–Crippen LogP) is 2.93. The van der Waals surface area contributed by atoms with Crippen LogP contribution in [0, 0.1) is 55.3 Å². The van der Waals surface area contributed by atoms with Gasteiger partial charge in [0.05, 0.1) is 5.60 Å². The molecule has 4 rings (SSSR count). The minimum Gasteiger partial charge on any atom is -0.389 e. The highest BCUT2D eigenvalue weighted by Crippen LogP contribution is 2.58. The molecule has 2 heteroatoms. The van der Waals surface area contributed by atoms with E-state index in [9.17, 15) is 9.90 Å². The summed E-state index contributed by atoms with van der Waals surface area (Å²) >= 11 is 0. The number of ketones is 1. The van der Waals surface area contributed by atoms with Crippen molar-refractivity contribution in [2.75, 3.05) is 0 Å². The fourth-order valence-corrected chi connectivity index (χ4v) is 5.42. The van der Waals surface area contributed by atoms with Crippen LogP contribution in [0.25, 0.3) is 0 Å². The Balaban J connectivity index is 1.73. The molecule has 0 aromatic carbocycles. The smallest absolute Gasteiger partial charge is 0.142 e. The highest BCUT2D eigenvalue weighted by molar-refractivity contribution is 5.87. The second kappa shape index (κ2) is 4.83. The van der Waals surface area contributed by atoms with Crippen molar-refractivity contribution >= 4 is 5.78 Å². The molecule has 0 saturated heterocycles. The summed E-state index contributed by atoms with van der Waals surface area (Å²) in [5.74, 6) is 2.31. The maximum Gasteiger partial charge on any atom is 0.142 e. The molecule has 5 radical (unpaired) electrons. The average molecular weight is 271 g/mol. The van der Waals surface area contributed by atoms with Gasteiger partial charge in [-0.05, 0) is 69.1 Å². The number of hydrogen-bond donors (Lipinski definition) is 1. The van der Waals surface area contributed by atoms with Crippen LogP contribution in [0.2, 0.25) is 0 Å². The lowest BCUT2D eigenvalue weighted by atomic mass is 9.48. The van der Waals surface area contributed by atoms with Crippen LogP contribution in [0.4, 0.5) is 0 Å². The van der Waals surface area contributed by atoms with Crippen molar-refractivity contribution in [3.8, 4) is 0 Å². The standard InChI is InChI=1S/C18H23O2/c19-17-13-8-5-10-15(17)18(20)11-4-3-9-14(18)16(13)12-6-1-2-7-12/h1-2,6-7,13-16,20H,3-5,8-11H2. The van der Waals surface area contributed by atoms with Crippen LogP contribution in [-0.2, 0) is 4.79 Å². The summed E-state index contributed by atoms with van der Waals surface area (Å²) in [6, 6.07) is 0. The van der Waals surface area contributed by atoms with E-state index < -0.39 is 5.60 Å². The minimum atomic E-state index is -0.714. The quantitative estimate of drug-likeness (QED) is 0.796. The molecule has 0 aromatic heterocycles. The lowest BCUT2D eigenvalue weighted by Crippen LogP contribution is -2.62. The first-order valence-electron chi connectivity index (χ1n) is 8.19. The van der Waals surface area contributed by atoms with E-state index in [1.807, 2.05) is 0 Å². The summed E-state index contributed by atoms with van der Waals surface area (Å²) < 4.78 is 0. The zero-order chi connectivity index (χ0) is 13.7. The van der Waals surface area contributed by atoms with Crippen molar-refractivity contribution in [2.45, 2.75) is 50.5 Å². The van der Waals surface area contributed by atoms with Crippen molar-refractivity contribution in [1.29, 1.82) is 0 Å². The van der Waals surface area contributed by atoms with Gasteiger partial charge in [-0.25, -0.2) is 0 Å². The van der Waals surface area contributed by atoms with E-state index in [0.29, 0.717) is 11.7 Å². The molecule has 107 valence electrons. The molecule has 20 heavy (non-hydrogen) atoms. The van der Waals surface area contributed by atoms with Gasteiger partial charge in [-0.3, -0.25) is 4.79 Å². The largest absolute Gasteiger partial charge is 0.389 e. The van der Waals surface area contributed by atoms with Gasteiger partial charge < -0.3 is 5.11 Å². The third-order valence-electron chi connectivity index (χ3n) is 6.25. The molecule has 5 atom stereocenters. The zero-order valence-corrected chi connectivity index (χ0v) is 11.9. The molecule has 0 amide bonds. The van der Waals surface area contributed by atoms with Gasteiger partial charge in [-0.15, -0.1) is 0 Å². The normalized spacial score (nSPS) is 49.1. The van der Waals surface area contributed by atoms with Crippen LogP contribution in [0.5, 0.6) is 0 Å². The maximum atomic E-state index is 12.8. The second-order valence-electron chi connectivity index (χ2n) is 7.08. The first kappa shape index (κ1) is 13.3. The highest BCUT2D eigenvalue weighted by atomic mass is 16.3. The van der Waals surface area contributed by atoms with Crippen molar-refractivity contribution in [3.05, 3.63) is 31.6 Å². The Hall–Kier alpha value is -0.370. The predicted molar refractivity (Wildman–Crippen MR) is 76.7 cm³/mol. The molecule has 0 aromatic rings. The number of carbonyl (C=O) groups excluding carboxylic acids is 1. The number of carbonyl (C=O) groups is 1. The third kappa shape index (κ3) is 1.76. The first-order chi connectivity index (χ1) is 9.72. The molecule has 0 aliphatic heterocycles. The van der Waals surface area contributed by atoms with Crippen LogP contribution in [-0.4, -0.2) is 16.5 Å². The van der Waals surface area contributed by atoms with Gasteiger partial charge in [0.25, 0.3) is 0 Å². The van der Waals surface area contributed by atoms with Crippen LogP contribution in [0.15, 0.2) is 0 Å². The Kier molecular flexibility index (Phi) is 3.21. The molecular formula is C18H23O2. The van der Waals surface area contributed by atoms with Gasteiger partial charge in [0.1, 0.15) is 5.78 Å². The molecule has 0 spiro atoms. The van der Waals surface area contributed by atoms with Gasteiger partial charge in [-0.1, -0.05) is 19.3 Å². The number of fused-ring (bicyclic) bond motifs is 4. The molecule has 1 N–H and O–H groups in total. The average Bonchev–Trinajstić information content (AvgIpc) is 2.95. The van der Waals surface area contributed by atoms with Crippen molar-refractivity contribution in [3.63, 3.8) is 0 Å². The Morgan fingerprint density at radius 1 is 1.05 bits per heavy atom. The van der Waals surface area contributed by atoms with Crippen LogP contribution < -0.4 is 0 Å². The maximum absolute atomic E-state index is 12.8. The SMILES string of the molecule is O=C1C2CCCC1C1(O)CCCCC1C2[C]1[CH][CH][CH][CH]1. The van der Waals surface area contributed by atoms with E-state index in [4.69, 9.17) is 0 Å². The van der Waals surface area contributed by atoms with E-state index in [1.165, 1.54) is 12.3 Å². The lowest BCUT2D eigenvalue weighted by molar-refractivity contribution is -0.179. The topological polar surface area (TPSA) is 37.3 Å². The monoisotopic (exact) mass is 271 g/mol. The molecule has 4 saturated carbocycles. The first-order valence-corrected chi connectivity index (χ1v) is 8.19. The molecular weight excluding hydrogens is 248 g/mol. The number of hydrogen-bond acceptors (Lipinski definition) is 2. The van der Waals surface area contributed by atoms with Crippen molar-refractivity contribution in [1.82, 2.24) is 0 Å². The highest BCUT2D eigenvalue weighted by Gasteiger charge is 2.61. The van der Waals surface area contributed by atoms with Gasteiger partial charge in [-0.2, -0.15) is 0 Å². The van der Waals surface area contributed by atoms with Crippen molar-refractivity contribution in [2.24, 2.45) is 23.7 Å². The molecule has 2 nitrogen and oxygen atoms in total. The molecule has 2 bridgehead atoms. The Bertz CT molecular complexity index is 398. The molecule has 4 aliphatic rings. The molecule has 4 fully saturated rings. The summed E-state index contributed by atoms with van der Waals surface area (Å²) in [6.07, 6.45) is 15.7. The van der Waals surface area contributed by atoms with E-state index in [1.54, 1.807) is 0 Å². The molecule has 5 unspecified atom stereocenters.